The minimum atomic E-state index is -3.22. The first-order valence-corrected chi connectivity index (χ1v) is 9.00. The van der Waals surface area contributed by atoms with Gasteiger partial charge in [0.15, 0.2) is 14.9 Å². The summed E-state index contributed by atoms with van der Waals surface area (Å²) in [6.07, 6.45) is 7.62. The van der Waals surface area contributed by atoms with Crippen molar-refractivity contribution in [2.45, 2.75) is 49.7 Å². The number of sulfone groups is 1. The van der Waals surface area contributed by atoms with E-state index in [1.54, 1.807) is 18.3 Å². The molecule has 0 spiro atoms. The van der Waals surface area contributed by atoms with Crippen LogP contribution in [0.3, 0.4) is 0 Å². The highest BCUT2D eigenvalue weighted by Gasteiger charge is 2.16. The van der Waals surface area contributed by atoms with E-state index >= 15 is 0 Å². The van der Waals surface area contributed by atoms with Gasteiger partial charge >= 0.3 is 0 Å². The van der Waals surface area contributed by atoms with Gasteiger partial charge in [0.1, 0.15) is 0 Å². The summed E-state index contributed by atoms with van der Waals surface area (Å²) in [4.78, 5) is 3.98. The molecule has 2 heterocycles. The maximum Gasteiger partial charge on any atom is 0.192 e. The average molecular weight is 297 g/mol. The van der Waals surface area contributed by atoms with Crippen LogP contribution < -0.4 is 10.6 Å². The molecule has 0 aromatic carbocycles. The molecular weight excluding hydrogens is 274 g/mol. The third-order valence-electron chi connectivity index (χ3n) is 3.58. The lowest BCUT2D eigenvalue weighted by atomic mass is 9.99. The molecule has 2 atom stereocenters. The van der Waals surface area contributed by atoms with Gasteiger partial charge in [-0.3, -0.25) is 0 Å². The van der Waals surface area contributed by atoms with Crippen LogP contribution in [-0.4, -0.2) is 38.3 Å². The second-order valence-electron chi connectivity index (χ2n) is 5.59. The van der Waals surface area contributed by atoms with Gasteiger partial charge in [0.05, 0.1) is 11.9 Å². The highest BCUT2D eigenvalue weighted by Crippen LogP contribution is 2.16. The van der Waals surface area contributed by atoms with Crippen LogP contribution in [0.1, 0.15) is 32.6 Å². The van der Waals surface area contributed by atoms with Gasteiger partial charge in [-0.2, -0.15) is 0 Å². The van der Waals surface area contributed by atoms with Crippen LogP contribution in [0.15, 0.2) is 23.4 Å². The highest BCUT2D eigenvalue weighted by atomic mass is 32.2. The zero-order valence-corrected chi connectivity index (χ0v) is 12.9. The van der Waals surface area contributed by atoms with Crippen molar-refractivity contribution in [2.75, 3.05) is 18.1 Å². The predicted octanol–water partition coefficient (Wildman–Crippen LogP) is 1.82. The Kier molecular flexibility index (Phi) is 4.99. The predicted molar refractivity (Wildman–Crippen MR) is 80.7 cm³/mol. The van der Waals surface area contributed by atoms with E-state index < -0.39 is 9.84 Å². The van der Waals surface area contributed by atoms with Crippen LogP contribution in [0.4, 0.5) is 5.69 Å². The van der Waals surface area contributed by atoms with E-state index in [1.165, 1.54) is 25.5 Å². The van der Waals surface area contributed by atoms with E-state index in [0.717, 1.165) is 18.7 Å². The molecule has 6 heteroatoms. The fourth-order valence-corrected chi connectivity index (χ4v) is 3.14. The number of anilines is 1. The Bertz CT molecular complexity index is 522. The summed E-state index contributed by atoms with van der Waals surface area (Å²) in [5, 5.41) is 7.02. The molecule has 1 fully saturated rings. The Hall–Kier alpha value is -1.14. The zero-order chi connectivity index (χ0) is 14.6. The van der Waals surface area contributed by atoms with Crippen LogP contribution in [0.2, 0.25) is 0 Å². The number of hydrogen-bond acceptors (Lipinski definition) is 5. The quantitative estimate of drug-likeness (QED) is 0.867. The standard InChI is InChI=1S/C14H23N3O2S/c1-11(9-12-5-3-4-8-15-12)17-13-6-7-14(16-10-13)20(2,18)19/h6-7,10-12,15,17H,3-5,8-9H2,1-2H3. The molecule has 1 aromatic heterocycles. The number of piperidine rings is 1. The largest absolute Gasteiger partial charge is 0.381 e. The molecular formula is C14H23N3O2S. The van der Waals surface area contributed by atoms with Crippen LogP contribution in [0, 0.1) is 0 Å². The fraction of sp³-hybridized carbons (Fsp3) is 0.643. The molecule has 112 valence electrons. The van der Waals surface area contributed by atoms with Gasteiger partial charge in [0.25, 0.3) is 0 Å². The van der Waals surface area contributed by atoms with Crippen LogP contribution >= 0.6 is 0 Å². The lowest BCUT2D eigenvalue weighted by Crippen LogP contribution is -2.37. The number of nitrogens with zero attached hydrogens (tertiary/aromatic N) is 1. The smallest absolute Gasteiger partial charge is 0.192 e. The van der Waals surface area contributed by atoms with Crippen molar-refractivity contribution in [3.05, 3.63) is 18.3 Å². The minimum Gasteiger partial charge on any atom is -0.381 e. The first-order valence-electron chi connectivity index (χ1n) is 7.11. The summed E-state index contributed by atoms with van der Waals surface area (Å²) in [6, 6.07) is 4.23. The van der Waals surface area contributed by atoms with Crippen molar-refractivity contribution in [3.8, 4) is 0 Å². The molecule has 0 bridgehead atoms. The maximum atomic E-state index is 11.3. The molecule has 0 amide bonds. The van der Waals surface area contributed by atoms with Crippen molar-refractivity contribution < 1.29 is 8.42 Å². The van der Waals surface area contributed by atoms with Crippen molar-refractivity contribution in [1.82, 2.24) is 10.3 Å². The van der Waals surface area contributed by atoms with E-state index in [2.05, 4.69) is 22.5 Å². The van der Waals surface area contributed by atoms with Crippen molar-refractivity contribution in [3.63, 3.8) is 0 Å². The van der Waals surface area contributed by atoms with E-state index in [1.807, 2.05) is 0 Å². The monoisotopic (exact) mass is 297 g/mol. The third-order valence-corrected chi connectivity index (χ3v) is 4.58. The van der Waals surface area contributed by atoms with Crippen molar-refractivity contribution in [1.29, 1.82) is 0 Å². The van der Waals surface area contributed by atoms with Gasteiger partial charge in [0.2, 0.25) is 0 Å². The van der Waals surface area contributed by atoms with E-state index in [4.69, 9.17) is 0 Å². The summed E-state index contributed by atoms with van der Waals surface area (Å²) in [5.41, 5.74) is 0.862. The first-order chi connectivity index (χ1) is 9.45. The van der Waals surface area contributed by atoms with Gasteiger partial charge in [-0.15, -0.1) is 0 Å². The molecule has 1 saturated heterocycles. The lowest BCUT2D eigenvalue weighted by molar-refractivity contribution is 0.371. The summed E-state index contributed by atoms with van der Waals surface area (Å²) in [6.45, 7) is 3.25. The normalized spacial score (nSPS) is 21.4. The van der Waals surface area contributed by atoms with Crippen LogP contribution in [-0.2, 0) is 9.84 Å². The SMILES string of the molecule is CC(CC1CCCCN1)Nc1ccc(S(C)(=O)=O)nc1. The van der Waals surface area contributed by atoms with Crippen LogP contribution in [0.25, 0.3) is 0 Å². The molecule has 2 rings (SSSR count). The molecule has 1 aromatic rings. The second-order valence-corrected chi connectivity index (χ2v) is 7.55. The Balaban J connectivity index is 1.89. The van der Waals surface area contributed by atoms with Crippen molar-refractivity contribution in [2.24, 2.45) is 0 Å². The van der Waals surface area contributed by atoms with Gasteiger partial charge in [-0.05, 0) is 44.9 Å². The number of rotatable bonds is 5. The molecule has 1 aliphatic heterocycles. The van der Waals surface area contributed by atoms with Gasteiger partial charge in [-0.1, -0.05) is 6.42 Å². The lowest BCUT2D eigenvalue weighted by Gasteiger charge is -2.27. The molecule has 5 nitrogen and oxygen atoms in total. The van der Waals surface area contributed by atoms with Crippen LogP contribution in [0.5, 0.6) is 0 Å². The van der Waals surface area contributed by atoms with E-state index in [0.29, 0.717) is 12.1 Å². The second kappa shape index (κ2) is 6.54. The molecule has 0 radical (unpaired) electrons. The van der Waals surface area contributed by atoms with E-state index in [9.17, 15) is 8.42 Å². The summed E-state index contributed by atoms with van der Waals surface area (Å²) >= 11 is 0. The number of nitrogens with one attached hydrogen (secondary N) is 2. The third kappa shape index (κ3) is 4.45. The zero-order valence-electron chi connectivity index (χ0n) is 12.1. The Morgan fingerprint density at radius 1 is 1.45 bits per heavy atom. The van der Waals surface area contributed by atoms with E-state index in [-0.39, 0.29) is 5.03 Å². The topological polar surface area (TPSA) is 71.1 Å². The number of pyridine rings is 1. The first kappa shape index (κ1) is 15.3. The molecule has 2 N–H and O–H groups in total. The summed E-state index contributed by atoms with van der Waals surface area (Å²) in [5.74, 6) is 0. The number of hydrogen-bond donors (Lipinski definition) is 2. The Labute approximate surface area is 121 Å². The van der Waals surface area contributed by atoms with Gasteiger partial charge in [-0.25, -0.2) is 13.4 Å². The van der Waals surface area contributed by atoms with Crippen molar-refractivity contribution >= 4 is 15.5 Å². The Morgan fingerprint density at radius 2 is 2.25 bits per heavy atom. The number of aromatic nitrogens is 1. The minimum absolute atomic E-state index is 0.115. The molecule has 2 unspecified atom stereocenters. The molecule has 1 aliphatic rings. The fourth-order valence-electron chi connectivity index (χ4n) is 2.58. The molecule has 0 saturated carbocycles. The summed E-state index contributed by atoms with van der Waals surface area (Å²) < 4.78 is 22.7. The maximum absolute atomic E-state index is 11.3. The van der Waals surface area contributed by atoms with Gasteiger partial charge in [0, 0.05) is 18.3 Å². The summed E-state index contributed by atoms with van der Waals surface area (Å²) in [7, 11) is -3.22. The molecule has 0 aliphatic carbocycles. The van der Waals surface area contributed by atoms with Gasteiger partial charge < -0.3 is 10.6 Å². The average Bonchev–Trinajstić information content (AvgIpc) is 2.39. The Morgan fingerprint density at radius 3 is 2.80 bits per heavy atom. The highest BCUT2D eigenvalue weighted by molar-refractivity contribution is 7.90. The molecule has 20 heavy (non-hydrogen) atoms.